The Labute approximate surface area is 170 Å². The van der Waals surface area contributed by atoms with Crippen molar-refractivity contribution >= 4 is 26.0 Å². The number of nitrogens with one attached hydrogen (secondary N) is 2. The standard InChI is InChI=1S/C20H26F3IN2O2/c21-20(22,23)14-7-8-16(17(11-14)13-5-6-13)19(27)26-24-12-28-10-9-18(24)25-15-3-1-2-4-15/h7-8,11,13,15,18,25H,1-6,9-10,12H2,(H,26,27). The molecule has 1 heterocycles. The van der Waals surface area contributed by atoms with Crippen molar-refractivity contribution in [3.8, 4) is 0 Å². The molecule has 8 heteroatoms. The van der Waals surface area contributed by atoms with Crippen LogP contribution in [0, 0.1) is 0 Å². The zero-order valence-electron chi connectivity index (χ0n) is 15.7. The predicted octanol–water partition coefficient (Wildman–Crippen LogP) is 4.97. The van der Waals surface area contributed by atoms with Crippen LogP contribution in [0.25, 0.3) is 0 Å². The summed E-state index contributed by atoms with van der Waals surface area (Å²) in [5.74, 6) is -0.161. The third kappa shape index (κ3) is 4.81. The minimum absolute atomic E-state index is 0.0712. The number of halogens is 4. The van der Waals surface area contributed by atoms with E-state index < -0.39 is 31.8 Å². The number of hydrogen-bond acceptors (Lipinski definition) is 3. The second-order valence-corrected chi connectivity index (χ2v) is 12.7. The molecule has 3 aliphatic rings. The first-order chi connectivity index (χ1) is 13.4. The summed E-state index contributed by atoms with van der Waals surface area (Å²) in [6.07, 6.45) is 3.06. The van der Waals surface area contributed by atoms with E-state index in [1.165, 1.54) is 37.8 Å². The van der Waals surface area contributed by atoms with E-state index in [1.807, 2.05) is 0 Å². The quantitative estimate of drug-likeness (QED) is 0.255. The van der Waals surface area contributed by atoms with Gasteiger partial charge in [-0.2, -0.15) is 0 Å². The van der Waals surface area contributed by atoms with Crippen LogP contribution in [0.1, 0.15) is 72.3 Å². The number of hydrogen-bond donors (Lipinski definition) is 2. The van der Waals surface area contributed by atoms with Crippen LogP contribution < -0.4 is 8.85 Å². The van der Waals surface area contributed by atoms with Gasteiger partial charge in [-0.3, -0.25) is 0 Å². The molecule has 2 aliphatic carbocycles. The molecule has 0 radical (unpaired) electrons. The molecule has 1 aromatic rings. The maximum absolute atomic E-state index is 13.1. The molecule has 2 N–H and O–H groups in total. The van der Waals surface area contributed by atoms with E-state index in [0.29, 0.717) is 32.4 Å². The molecule has 1 aliphatic heterocycles. The number of benzene rings is 1. The van der Waals surface area contributed by atoms with E-state index in [0.717, 1.165) is 25.3 Å². The van der Waals surface area contributed by atoms with Crippen molar-refractivity contribution in [2.45, 2.75) is 67.1 Å². The van der Waals surface area contributed by atoms with Gasteiger partial charge >= 0.3 is 171 Å². The first kappa shape index (κ1) is 20.4. The Hall–Kier alpha value is -0.870. The van der Waals surface area contributed by atoms with Gasteiger partial charge in [0.2, 0.25) is 0 Å². The molecule has 156 valence electrons. The topological polar surface area (TPSA) is 50.4 Å². The van der Waals surface area contributed by atoms with Crippen molar-refractivity contribution in [2.24, 2.45) is 0 Å². The number of rotatable bonds is 5. The van der Waals surface area contributed by atoms with E-state index in [2.05, 4.69) is 8.85 Å². The molecule has 4 rings (SSSR count). The minimum atomic E-state index is -4.39. The van der Waals surface area contributed by atoms with Gasteiger partial charge in [0.05, 0.1) is 0 Å². The molecule has 1 saturated heterocycles. The van der Waals surface area contributed by atoms with Crippen LogP contribution in [-0.4, -0.2) is 27.2 Å². The van der Waals surface area contributed by atoms with E-state index in [4.69, 9.17) is 4.74 Å². The van der Waals surface area contributed by atoms with Gasteiger partial charge in [0.1, 0.15) is 0 Å². The Balaban J connectivity index is 1.48. The Kier molecular flexibility index (Phi) is 6.17. The van der Waals surface area contributed by atoms with Crippen molar-refractivity contribution in [1.82, 2.24) is 8.85 Å². The third-order valence-corrected chi connectivity index (χ3v) is 10.7. The van der Waals surface area contributed by atoms with Gasteiger partial charge in [0.25, 0.3) is 0 Å². The molecule has 0 aromatic heterocycles. The molecule has 3 fully saturated rings. The maximum atomic E-state index is 13.1. The van der Waals surface area contributed by atoms with E-state index >= 15 is 0 Å². The number of amides is 1. The van der Waals surface area contributed by atoms with Crippen LogP contribution in [0.3, 0.4) is 0 Å². The fraction of sp³-hybridized carbons (Fsp3) is 0.650. The SMILES string of the molecule is O=C(NI1COCCC1NC1CCCC1)c1ccc(C(F)(F)F)cc1C1CC1. The summed E-state index contributed by atoms with van der Waals surface area (Å²) < 4.78 is 49.0. The summed E-state index contributed by atoms with van der Waals surface area (Å²) in [4.78, 5) is 13.0. The first-order valence-electron chi connectivity index (χ1n) is 9.92. The van der Waals surface area contributed by atoms with Crippen LogP contribution in [0.5, 0.6) is 0 Å². The first-order valence-corrected chi connectivity index (χ1v) is 13.8. The van der Waals surface area contributed by atoms with Crippen LogP contribution in [0.15, 0.2) is 18.2 Å². The molecular weight excluding hydrogens is 484 g/mol. The fourth-order valence-corrected chi connectivity index (χ4v) is 8.59. The van der Waals surface area contributed by atoms with Crippen LogP contribution in [-0.2, 0) is 10.9 Å². The number of carbonyl (C=O) groups is 1. The predicted molar refractivity (Wildman–Crippen MR) is 110 cm³/mol. The molecular formula is C20H26F3IN2O2. The number of carbonyl (C=O) groups excluding carboxylic acids is 1. The average Bonchev–Trinajstić information content (AvgIpc) is 3.39. The van der Waals surface area contributed by atoms with Gasteiger partial charge in [-0.1, -0.05) is 0 Å². The summed E-state index contributed by atoms with van der Waals surface area (Å²) in [5.41, 5.74) is 0.269. The van der Waals surface area contributed by atoms with Crippen LogP contribution in [0.4, 0.5) is 13.2 Å². The van der Waals surface area contributed by atoms with Gasteiger partial charge in [0.15, 0.2) is 0 Å². The zero-order valence-corrected chi connectivity index (χ0v) is 17.8. The summed E-state index contributed by atoms with van der Waals surface area (Å²) in [7, 11) is 0. The van der Waals surface area contributed by atoms with Crippen molar-refractivity contribution < 1.29 is 22.7 Å². The summed E-state index contributed by atoms with van der Waals surface area (Å²) in [6.45, 7) is 0.696. The zero-order chi connectivity index (χ0) is 19.7. The van der Waals surface area contributed by atoms with Crippen LogP contribution in [0.2, 0.25) is 0 Å². The Morgan fingerprint density at radius 3 is 2.54 bits per heavy atom. The monoisotopic (exact) mass is 510 g/mol. The van der Waals surface area contributed by atoms with Gasteiger partial charge < -0.3 is 0 Å². The number of alkyl halides is 5. The summed E-state index contributed by atoms with van der Waals surface area (Å²) >= 11 is -1.96. The fourth-order valence-electron chi connectivity index (χ4n) is 3.97. The second-order valence-electron chi connectivity index (χ2n) is 7.82. The Bertz CT molecular complexity index is 718. The molecule has 28 heavy (non-hydrogen) atoms. The molecule has 4 nitrogen and oxygen atoms in total. The van der Waals surface area contributed by atoms with Crippen LogP contribution >= 0.6 is 20.1 Å². The van der Waals surface area contributed by atoms with Crippen molar-refractivity contribution in [3.05, 3.63) is 34.9 Å². The van der Waals surface area contributed by atoms with Gasteiger partial charge in [-0.25, -0.2) is 0 Å². The van der Waals surface area contributed by atoms with E-state index in [9.17, 15) is 18.0 Å². The molecule has 1 unspecified atom stereocenters. The van der Waals surface area contributed by atoms with Crippen molar-refractivity contribution in [1.29, 1.82) is 0 Å². The molecule has 0 bridgehead atoms. The van der Waals surface area contributed by atoms with Crippen molar-refractivity contribution in [2.75, 3.05) is 11.2 Å². The molecule has 2 saturated carbocycles. The van der Waals surface area contributed by atoms with Gasteiger partial charge in [-0.05, 0) is 0 Å². The van der Waals surface area contributed by atoms with E-state index in [1.54, 1.807) is 0 Å². The molecule has 0 spiro atoms. The molecule has 1 aromatic carbocycles. The van der Waals surface area contributed by atoms with E-state index in [-0.39, 0.29) is 11.8 Å². The second kappa shape index (κ2) is 8.47. The van der Waals surface area contributed by atoms with Gasteiger partial charge in [0, 0.05) is 0 Å². The van der Waals surface area contributed by atoms with Crippen molar-refractivity contribution in [3.63, 3.8) is 0 Å². The molecule has 1 atom stereocenters. The molecule has 1 amide bonds. The Morgan fingerprint density at radius 2 is 1.86 bits per heavy atom. The average molecular weight is 510 g/mol. The third-order valence-electron chi connectivity index (χ3n) is 5.65. The summed E-state index contributed by atoms with van der Waals surface area (Å²) in [6, 6.07) is 4.07. The number of ether oxygens (including phenoxy) is 1. The normalized spacial score (nSPS) is 25.1. The summed E-state index contributed by atoms with van der Waals surface area (Å²) in [5, 5.41) is 3.73. The van der Waals surface area contributed by atoms with Gasteiger partial charge in [-0.15, -0.1) is 0 Å². The Morgan fingerprint density at radius 1 is 1.11 bits per heavy atom.